The van der Waals surface area contributed by atoms with Crippen molar-refractivity contribution in [2.24, 2.45) is 0 Å². The molecule has 0 spiro atoms. The lowest BCUT2D eigenvalue weighted by atomic mass is 10.4. The normalized spacial score (nSPS) is 13.9. The van der Waals surface area contributed by atoms with E-state index in [1.165, 1.54) is 13.8 Å². The zero-order valence-corrected chi connectivity index (χ0v) is 8.14. The third-order valence-electron chi connectivity index (χ3n) is 1.32. The van der Waals surface area contributed by atoms with E-state index < -0.39 is 30.1 Å². The van der Waals surface area contributed by atoms with Crippen LogP contribution in [0.25, 0.3) is 0 Å². The minimum Gasteiger partial charge on any atom is -0.479 e. The molecule has 1 N–H and O–H groups in total. The van der Waals surface area contributed by atoms with E-state index in [9.17, 15) is 14.4 Å². The molecular formula is C8H12O6. The van der Waals surface area contributed by atoms with Gasteiger partial charge in [-0.05, 0) is 13.8 Å². The van der Waals surface area contributed by atoms with E-state index in [1.54, 1.807) is 0 Å². The fourth-order valence-corrected chi connectivity index (χ4v) is 0.618. The van der Waals surface area contributed by atoms with Gasteiger partial charge >= 0.3 is 17.9 Å². The molecule has 6 heteroatoms. The third-order valence-corrected chi connectivity index (χ3v) is 1.32. The molecule has 0 bridgehead atoms. The van der Waals surface area contributed by atoms with E-state index in [0.29, 0.717) is 0 Å². The van der Waals surface area contributed by atoms with Crippen LogP contribution in [0.3, 0.4) is 0 Å². The molecule has 0 aliphatic carbocycles. The van der Waals surface area contributed by atoms with Crippen LogP contribution in [0.2, 0.25) is 0 Å². The maximum atomic E-state index is 11.0. The molecule has 2 atom stereocenters. The Hall–Kier alpha value is -1.59. The molecular weight excluding hydrogens is 192 g/mol. The molecule has 0 amide bonds. The number of carboxylic acids is 1. The molecule has 0 heterocycles. The lowest BCUT2D eigenvalue weighted by Crippen LogP contribution is -2.31. The van der Waals surface area contributed by atoms with Gasteiger partial charge in [0.15, 0.2) is 12.2 Å². The summed E-state index contributed by atoms with van der Waals surface area (Å²) < 4.78 is 8.94. The van der Waals surface area contributed by atoms with Crippen LogP contribution in [0.5, 0.6) is 0 Å². The molecule has 0 aliphatic heterocycles. The van der Waals surface area contributed by atoms with E-state index in [0.717, 1.165) is 6.92 Å². The molecule has 0 unspecified atom stereocenters. The van der Waals surface area contributed by atoms with Crippen molar-refractivity contribution in [3.8, 4) is 0 Å². The molecule has 0 aromatic rings. The quantitative estimate of drug-likeness (QED) is 0.646. The number of ether oxygens (including phenoxy) is 2. The van der Waals surface area contributed by atoms with Crippen molar-refractivity contribution in [3.63, 3.8) is 0 Å². The molecule has 0 radical (unpaired) electrons. The van der Waals surface area contributed by atoms with Gasteiger partial charge in [0.1, 0.15) is 0 Å². The molecule has 80 valence electrons. The fraction of sp³-hybridized carbons (Fsp3) is 0.625. The Morgan fingerprint density at radius 2 is 1.57 bits per heavy atom. The Morgan fingerprint density at radius 1 is 1.07 bits per heavy atom. The topological polar surface area (TPSA) is 89.9 Å². The standard InChI is InChI=1S/C8H12O6/c1-4(7(10)11)14-8(12)5(2)13-6(3)9/h4-5H,1-3H3,(H,10,11)/t4-,5-/m1/s1. The van der Waals surface area contributed by atoms with Gasteiger partial charge in [0.25, 0.3) is 0 Å². The number of carboxylic acid groups (broad SMARTS) is 1. The maximum absolute atomic E-state index is 11.0. The Balaban J connectivity index is 4.07. The van der Waals surface area contributed by atoms with Crippen molar-refractivity contribution in [1.29, 1.82) is 0 Å². The second-order valence-corrected chi connectivity index (χ2v) is 2.67. The van der Waals surface area contributed by atoms with E-state index in [4.69, 9.17) is 5.11 Å². The summed E-state index contributed by atoms with van der Waals surface area (Å²) in [6, 6.07) is 0. The summed E-state index contributed by atoms with van der Waals surface area (Å²) in [7, 11) is 0. The van der Waals surface area contributed by atoms with Gasteiger partial charge in [0.2, 0.25) is 0 Å². The summed E-state index contributed by atoms with van der Waals surface area (Å²) >= 11 is 0. The highest BCUT2D eigenvalue weighted by Crippen LogP contribution is 1.99. The SMILES string of the molecule is CC(=O)O[C@H](C)C(=O)O[C@H](C)C(=O)O. The predicted octanol–water partition coefficient (Wildman–Crippen LogP) is -0.0457. The highest BCUT2D eigenvalue weighted by Gasteiger charge is 2.22. The van der Waals surface area contributed by atoms with Crippen LogP contribution < -0.4 is 0 Å². The van der Waals surface area contributed by atoms with Crippen LogP contribution in [0.15, 0.2) is 0 Å². The number of esters is 2. The Bertz CT molecular complexity index is 246. The number of carbonyl (C=O) groups excluding carboxylic acids is 2. The van der Waals surface area contributed by atoms with E-state index in [-0.39, 0.29) is 0 Å². The Kier molecular flexibility index (Phi) is 4.62. The summed E-state index contributed by atoms with van der Waals surface area (Å²) in [5, 5.41) is 8.41. The number of hydrogen-bond donors (Lipinski definition) is 1. The zero-order chi connectivity index (χ0) is 11.3. The van der Waals surface area contributed by atoms with Gasteiger partial charge in [-0.25, -0.2) is 9.59 Å². The van der Waals surface area contributed by atoms with Crippen LogP contribution in [-0.4, -0.2) is 35.2 Å². The monoisotopic (exact) mass is 204 g/mol. The minimum atomic E-state index is -1.26. The number of carbonyl (C=O) groups is 3. The Labute approximate surface area is 80.8 Å². The minimum absolute atomic E-state index is 0.627. The number of rotatable bonds is 4. The third kappa shape index (κ3) is 4.44. The summed E-state index contributed by atoms with van der Waals surface area (Å²) in [4.78, 5) is 31.8. The van der Waals surface area contributed by atoms with Crippen LogP contribution in [-0.2, 0) is 23.9 Å². The average molecular weight is 204 g/mol. The second-order valence-electron chi connectivity index (χ2n) is 2.67. The van der Waals surface area contributed by atoms with Crippen molar-refractivity contribution >= 4 is 17.9 Å². The molecule has 0 aliphatic rings. The molecule has 0 aromatic carbocycles. The Morgan fingerprint density at radius 3 is 1.93 bits per heavy atom. The van der Waals surface area contributed by atoms with Gasteiger partial charge in [0.05, 0.1) is 0 Å². The first-order valence-electron chi connectivity index (χ1n) is 3.95. The van der Waals surface area contributed by atoms with Crippen molar-refractivity contribution in [2.75, 3.05) is 0 Å². The van der Waals surface area contributed by atoms with Crippen LogP contribution in [0, 0.1) is 0 Å². The highest BCUT2D eigenvalue weighted by atomic mass is 16.6. The zero-order valence-electron chi connectivity index (χ0n) is 8.14. The summed E-state index contributed by atoms with van der Waals surface area (Å²) in [6.45, 7) is 3.66. The van der Waals surface area contributed by atoms with Gasteiger partial charge < -0.3 is 14.6 Å². The molecule has 14 heavy (non-hydrogen) atoms. The molecule has 0 saturated heterocycles. The van der Waals surface area contributed by atoms with Gasteiger partial charge in [-0.15, -0.1) is 0 Å². The van der Waals surface area contributed by atoms with E-state index in [1.807, 2.05) is 0 Å². The molecule has 0 saturated carbocycles. The van der Waals surface area contributed by atoms with Crippen molar-refractivity contribution in [3.05, 3.63) is 0 Å². The average Bonchev–Trinajstić information content (AvgIpc) is 2.02. The van der Waals surface area contributed by atoms with Crippen LogP contribution >= 0.6 is 0 Å². The maximum Gasteiger partial charge on any atom is 0.347 e. The van der Waals surface area contributed by atoms with Crippen molar-refractivity contribution in [2.45, 2.75) is 33.0 Å². The molecule has 0 aromatic heterocycles. The van der Waals surface area contributed by atoms with Gasteiger partial charge in [-0.3, -0.25) is 4.79 Å². The van der Waals surface area contributed by atoms with Gasteiger partial charge in [-0.2, -0.15) is 0 Å². The lowest BCUT2D eigenvalue weighted by molar-refractivity contribution is -0.174. The lowest BCUT2D eigenvalue weighted by Gasteiger charge is -2.13. The first-order valence-corrected chi connectivity index (χ1v) is 3.95. The molecule has 0 fully saturated rings. The summed E-state index contributed by atoms with van der Waals surface area (Å²) in [5.41, 5.74) is 0. The highest BCUT2D eigenvalue weighted by molar-refractivity contribution is 5.81. The fourth-order valence-electron chi connectivity index (χ4n) is 0.618. The molecule has 6 nitrogen and oxygen atoms in total. The predicted molar refractivity (Wildman–Crippen MR) is 44.4 cm³/mol. The molecule has 0 rings (SSSR count). The first kappa shape index (κ1) is 12.4. The van der Waals surface area contributed by atoms with Crippen molar-refractivity contribution in [1.82, 2.24) is 0 Å². The second kappa shape index (κ2) is 5.21. The van der Waals surface area contributed by atoms with Crippen LogP contribution in [0.1, 0.15) is 20.8 Å². The summed E-state index contributed by atoms with van der Waals surface area (Å²) in [5.74, 6) is -2.76. The van der Waals surface area contributed by atoms with E-state index >= 15 is 0 Å². The smallest absolute Gasteiger partial charge is 0.347 e. The number of hydrogen-bond acceptors (Lipinski definition) is 5. The largest absolute Gasteiger partial charge is 0.479 e. The van der Waals surface area contributed by atoms with E-state index in [2.05, 4.69) is 9.47 Å². The first-order chi connectivity index (χ1) is 6.34. The van der Waals surface area contributed by atoms with Gasteiger partial charge in [0, 0.05) is 6.92 Å². The summed E-state index contributed by atoms with van der Waals surface area (Å²) in [6.07, 6.45) is -2.34. The number of aliphatic carboxylic acids is 1. The van der Waals surface area contributed by atoms with Crippen molar-refractivity contribution < 1.29 is 29.0 Å². The van der Waals surface area contributed by atoms with Gasteiger partial charge in [-0.1, -0.05) is 0 Å². The van der Waals surface area contributed by atoms with Crippen LogP contribution in [0.4, 0.5) is 0 Å².